The molecule has 0 bridgehead atoms. The normalized spacial score (nSPS) is 16.3. The van der Waals surface area contributed by atoms with Crippen molar-refractivity contribution in [1.82, 2.24) is 0 Å². The highest BCUT2D eigenvalue weighted by atomic mass is 16.5. The molecule has 0 fully saturated rings. The van der Waals surface area contributed by atoms with E-state index < -0.39 is 11.7 Å². The van der Waals surface area contributed by atoms with E-state index >= 15 is 0 Å². The topological polar surface area (TPSA) is 66.8 Å². The molecule has 0 aliphatic carbocycles. The van der Waals surface area contributed by atoms with E-state index in [-0.39, 0.29) is 11.3 Å². The van der Waals surface area contributed by atoms with Crippen molar-refractivity contribution in [3.05, 3.63) is 29.3 Å². The molecule has 0 saturated heterocycles. The second-order valence-electron chi connectivity index (χ2n) is 3.60. The Kier molecular flexibility index (Phi) is 2.56. The number of allylic oxidation sites excluding steroid dienone is 1. The van der Waals surface area contributed by atoms with Crippen LogP contribution in [0.4, 0.5) is 0 Å². The summed E-state index contributed by atoms with van der Waals surface area (Å²) in [6, 6.07) is 2.91. The molecule has 16 heavy (non-hydrogen) atoms. The van der Waals surface area contributed by atoms with Crippen molar-refractivity contribution in [1.29, 1.82) is 0 Å². The lowest BCUT2D eigenvalue weighted by atomic mass is 10.1. The zero-order valence-corrected chi connectivity index (χ0v) is 8.86. The van der Waals surface area contributed by atoms with Crippen LogP contribution in [0.2, 0.25) is 0 Å². The van der Waals surface area contributed by atoms with E-state index in [1.165, 1.54) is 6.07 Å². The summed E-state index contributed by atoms with van der Waals surface area (Å²) >= 11 is 0. The Morgan fingerprint density at radius 3 is 2.81 bits per heavy atom. The lowest BCUT2D eigenvalue weighted by Gasteiger charge is -2.00. The minimum Gasteiger partial charge on any atom is -0.504 e. The van der Waals surface area contributed by atoms with Crippen LogP contribution in [-0.2, 0) is 4.74 Å². The van der Waals surface area contributed by atoms with Crippen LogP contribution >= 0.6 is 0 Å². The molecule has 0 unspecified atom stereocenters. The summed E-state index contributed by atoms with van der Waals surface area (Å²) in [5.41, 5.74) is 0.580. The van der Waals surface area contributed by atoms with E-state index in [0.717, 1.165) is 12.8 Å². The average Bonchev–Trinajstić information content (AvgIpc) is 2.58. The minimum absolute atomic E-state index is 0.0438. The smallest absolute Gasteiger partial charge is 0.348 e. The first-order valence-corrected chi connectivity index (χ1v) is 5.12. The Hall–Kier alpha value is -1.97. The molecule has 0 amide bonds. The third kappa shape index (κ3) is 1.52. The fourth-order valence-corrected chi connectivity index (χ4v) is 1.63. The number of unbranched alkanes of at least 4 members (excludes halogenated alkanes) is 1. The Morgan fingerprint density at radius 1 is 1.38 bits per heavy atom. The van der Waals surface area contributed by atoms with Gasteiger partial charge in [-0.1, -0.05) is 13.3 Å². The monoisotopic (exact) mass is 220 g/mol. The number of hydrogen-bond acceptors (Lipinski definition) is 4. The fourth-order valence-electron chi connectivity index (χ4n) is 1.63. The number of phenolic OH excluding ortho intramolecular Hbond substituents is 2. The lowest BCUT2D eigenvalue weighted by molar-refractivity contribution is 0.0712. The average molecular weight is 220 g/mol. The first-order chi connectivity index (χ1) is 7.65. The zero-order valence-electron chi connectivity index (χ0n) is 8.86. The summed E-state index contributed by atoms with van der Waals surface area (Å²) in [4.78, 5) is 11.5. The minimum atomic E-state index is -0.620. The highest BCUT2D eigenvalue weighted by Gasteiger charge is 2.30. The summed E-state index contributed by atoms with van der Waals surface area (Å²) < 4.78 is 5.02. The van der Waals surface area contributed by atoms with Crippen molar-refractivity contribution < 1.29 is 19.7 Å². The highest BCUT2D eigenvalue weighted by Crippen LogP contribution is 2.40. The van der Waals surface area contributed by atoms with Crippen molar-refractivity contribution in [2.24, 2.45) is 0 Å². The maximum atomic E-state index is 11.5. The number of phenols is 2. The number of carbonyl (C=O) groups excluding carboxylic acids is 1. The van der Waals surface area contributed by atoms with Gasteiger partial charge < -0.3 is 14.9 Å². The fraction of sp³-hybridized carbons (Fsp3) is 0.250. The molecular weight excluding hydrogens is 208 g/mol. The third-order valence-electron chi connectivity index (χ3n) is 2.45. The van der Waals surface area contributed by atoms with Crippen LogP contribution in [0.25, 0.3) is 5.76 Å². The molecule has 0 saturated carbocycles. The number of hydrogen-bond donors (Lipinski definition) is 2. The summed E-state index contributed by atoms with van der Waals surface area (Å²) in [5.74, 6) is -0.891. The first-order valence-electron chi connectivity index (χ1n) is 5.12. The lowest BCUT2D eigenvalue weighted by Crippen LogP contribution is -1.94. The molecule has 2 rings (SSSR count). The molecule has 4 heteroatoms. The molecule has 0 radical (unpaired) electrons. The predicted molar refractivity (Wildman–Crippen MR) is 58.1 cm³/mol. The number of cyclic esters (lactones) is 1. The van der Waals surface area contributed by atoms with Crippen molar-refractivity contribution in [2.75, 3.05) is 0 Å². The van der Waals surface area contributed by atoms with Crippen molar-refractivity contribution in [3.8, 4) is 11.5 Å². The molecule has 0 spiro atoms. The van der Waals surface area contributed by atoms with Crippen LogP contribution in [0.3, 0.4) is 0 Å². The van der Waals surface area contributed by atoms with E-state index in [4.69, 9.17) is 4.74 Å². The van der Waals surface area contributed by atoms with Crippen molar-refractivity contribution >= 4 is 11.7 Å². The van der Waals surface area contributed by atoms with Crippen LogP contribution in [-0.4, -0.2) is 16.2 Å². The van der Waals surface area contributed by atoms with Crippen LogP contribution in [0.15, 0.2) is 18.2 Å². The largest absolute Gasteiger partial charge is 0.504 e. The van der Waals surface area contributed by atoms with Gasteiger partial charge in [0.15, 0.2) is 11.5 Å². The third-order valence-corrected chi connectivity index (χ3v) is 2.45. The molecule has 1 aliphatic heterocycles. The van der Waals surface area contributed by atoms with Crippen LogP contribution in [0.5, 0.6) is 11.5 Å². The van der Waals surface area contributed by atoms with E-state index in [1.54, 1.807) is 12.1 Å². The number of ether oxygens (including phenoxy) is 1. The summed E-state index contributed by atoms with van der Waals surface area (Å²) in [5, 5.41) is 18.8. The zero-order chi connectivity index (χ0) is 11.7. The van der Waals surface area contributed by atoms with E-state index in [0.29, 0.717) is 11.3 Å². The molecular formula is C12H12O4. The van der Waals surface area contributed by atoms with Crippen LogP contribution in [0.1, 0.15) is 35.7 Å². The summed E-state index contributed by atoms with van der Waals surface area (Å²) in [7, 11) is 0. The number of esters is 1. The van der Waals surface area contributed by atoms with Gasteiger partial charge in [0.2, 0.25) is 0 Å². The second kappa shape index (κ2) is 3.89. The Labute approximate surface area is 92.8 Å². The highest BCUT2D eigenvalue weighted by molar-refractivity contribution is 6.05. The predicted octanol–water partition coefficient (Wildman–Crippen LogP) is 2.41. The molecule has 1 aliphatic rings. The van der Waals surface area contributed by atoms with Gasteiger partial charge in [-0.2, -0.15) is 0 Å². The molecule has 1 heterocycles. The molecule has 0 aromatic heterocycles. The number of rotatable bonds is 2. The van der Waals surface area contributed by atoms with E-state index in [9.17, 15) is 15.0 Å². The van der Waals surface area contributed by atoms with E-state index in [1.807, 2.05) is 6.92 Å². The van der Waals surface area contributed by atoms with Gasteiger partial charge in [0.1, 0.15) is 11.3 Å². The molecule has 1 aromatic carbocycles. The van der Waals surface area contributed by atoms with Gasteiger partial charge in [0.25, 0.3) is 0 Å². The number of carbonyl (C=O) groups is 1. The van der Waals surface area contributed by atoms with Gasteiger partial charge in [-0.05, 0) is 24.6 Å². The number of fused-ring (bicyclic) bond motifs is 1. The van der Waals surface area contributed by atoms with Crippen molar-refractivity contribution in [2.45, 2.75) is 19.8 Å². The van der Waals surface area contributed by atoms with Crippen molar-refractivity contribution in [3.63, 3.8) is 0 Å². The summed E-state index contributed by atoms with van der Waals surface area (Å²) in [6.07, 6.45) is 3.55. The maximum absolute atomic E-state index is 11.5. The quantitative estimate of drug-likeness (QED) is 0.593. The van der Waals surface area contributed by atoms with Gasteiger partial charge in [0.05, 0.1) is 0 Å². The van der Waals surface area contributed by atoms with Crippen LogP contribution in [0, 0.1) is 0 Å². The van der Waals surface area contributed by atoms with E-state index in [2.05, 4.69) is 0 Å². The number of benzene rings is 1. The molecule has 84 valence electrons. The van der Waals surface area contributed by atoms with Gasteiger partial charge in [0, 0.05) is 5.56 Å². The Morgan fingerprint density at radius 2 is 2.12 bits per heavy atom. The maximum Gasteiger partial charge on any atom is 0.348 e. The molecule has 0 atom stereocenters. The number of aromatic hydroxyl groups is 2. The van der Waals surface area contributed by atoms with Gasteiger partial charge in [-0.25, -0.2) is 4.79 Å². The Balaban J connectivity index is 2.52. The molecule has 1 aromatic rings. The SMILES string of the molecule is CCC/C=C1\OC(=O)c2c1ccc(O)c2O. The first kappa shape index (κ1) is 10.5. The summed E-state index contributed by atoms with van der Waals surface area (Å²) in [6.45, 7) is 2.02. The van der Waals surface area contributed by atoms with Crippen LogP contribution < -0.4 is 0 Å². The Bertz CT molecular complexity index is 474. The second-order valence-corrected chi connectivity index (χ2v) is 3.60. The van der Waals surface area contributed by atoms with Gasteiger partial charge >= 0.3 is 5.97 Å². The molecule has 4 nitrogen and oxygen atoms in total. The van der Waals surface area contributed by atoms with Gasteiger partial charge in [-0.15, -0.1) is 0 Å². The standard InChI is InChI=1S/C12H12O4/c1-2-3-4-9-7-5-6-8(13)11(14)10(7)12(15)16-9/h4-6,13-14H,2-3H2,1H3/b9-4-. The van der Waals surface area contributed by atoms with Gasteiger partial charge in [-0.3, -0.25) is 0 Å². The molecule has 2 N–H and O–H groups in total.